The monoisotopic (exact) mass is 353 g/mol. The van der Waals surface area contributed by atoms with Crippen LogP contribution in [-0.4, -0.2) is 24.8 Å². The third-order valence-electron chi connectivity index (χ3n) is 2.60. The highest BCUT2D eigenvalue weighted by Gasteiger charge is 2.15. The molecule has 0 bridgehead atoms. The number of aromatic nitrogens is 1. The van der Waals surface area contributed by atoms with Crippen LogP contribution in [0.2, 0.25) is 5.15 Å². The fourth-order valence-corrected chi connectivity index (χ4v) is 2.40. The van der Waals surface area contributed by atoms with Gasteiger partial charge in [0.25, 0.3) is 0 Å². The van der Waals surface area contributed by atoms with Gasteiger partial charge in [0.2, 0.25) is 0 Å². The van der Waals surface area contributed by atoms with Crippen LogP contribution < -0.4 is 4.74 Å². The van der Waals surface area contributed by atoms with Crippen LogP contribution in [0, 0.1) is 9.62 Å². The van der Waals surface area contributed by atoms with Crippen molar-refractivity contribution in [2.45, 2.75) is 12.8 Å². The lowest BCUT2D eigenvalue weighted by atomic mass is 10.0. The molecule has 1 aliphatic heterocycles. The number of ether oxygens (including phenoxy) is 2. The van der Waals surface area contributed by atoms with Gasteiger partial charge in [-0.15, -0.1) is 0 Å². The number of rotatable bonds is 3. The summed E-state index contributed by atoms with van der Waals surface area (Å²) in [5.74, 6) is 1.25. The first-order chi connectivity index (χ1) is 7.75. The van der Waals surface area contributed by atoms with E-state index in [1.54, 1.807) is 0 Å². The highest BCUT2D eigenvalue weighted by molar-refractivity contribution is 14.1. The third kappa shape index (κ3) is 3.46. The molecule has 0 radical (unpaired) electrons. The molecule has 3 nitrogen and oxygen atoms in total. The van der Waals surface area contributed by atoms with Gasteiger partial charge in [0, 0.05) is 13.2 Å². The van der Waals surface area contributed by atoms with Gasteiger partial charge in [0.05, 0.1) is 6.61 Å². The summed E-state index contributed by atoms with van der Waals surface area (Å²) in [5.41, 5.74) is 0. The number of nitrogens with zero attached hydrogens (tertiary/aromatic N) is 1. The fraction of sp³-hybridized carbons (Fsp3) is 0.545. The smallest absolute Gasteiger partial charge is 0.172 e. The SMILES string of the molecule is Clc1nc(I)ccc1OCC1CCOCC1. The van der Waals surface area contributed by atoms with E-state index >= 15 is 0 Å². The van der Waals surface area contributed by atoms with Crippen LogP contribution in [0.4, 0.5) is 0 Å². The fourth-order valence-electron chi connectivity index (χ4n) is 1.63. The number of hydrogen-bond acceptors (Lipinski definition) is 3. The van der Waals surface area contributed by atoms with E-state index < -0.39 is 0 Å². The zero-order valence-electron chi connectivity index (χ0n) is 8.79. The van der Waals surface area contributed by atoms with Crippen LogP contribution in [0.1, 0.15) is 12.8 Å². The van der Waals surface area contributed by atoms with Crippen molar-refractivity contribution >= 4 is 34.2 Å². The molecule has 1 aromatic heterocycles. The van der Waals surface area contributed by atoms with Gasteiger partial charge in [-0.3, -0.25) is 0 Å². The van der Waals surface area contributed by atoms with Crippen LogP contribution in [0.15, 0.2) is 12.1 Å². The molecule has 5 heteroatoms. The topological polar surface area (TPSA) is 31.4 Å². The second kappa shape index (κ2) is 6.02. The van der Waals surface area contributed by atoms with Crippen LogP contribution in [0.3, 0.4) is 0 Å². The molecule has 0 saturated carbocycles. The van der Waals surface area contributed by atoms with Crippen LogP contribution in [0.25, 0.3) is 0 Å². The Balaban J connectivity index is 1.88. The van der Waals surface area contributed by atoms with E-state index in [4.69, 9.17) is 21.1 Å². The second-order valence-electron chi connectivity index (χ2n) is 3.79. The van der Waals surface area contributed by atoms with Gasteiger partial charge in [0.15, 0.2) is 10.9 Å². The lowest BCUT2D eigenvalue weighted by Crippen LogP contribution is -2.21. The largest absolute Gasteiger partial charge is 0.490 e. The standard InChI is InChI=1S/C11H13ClINO2/c12-11-9(1-2-10(13)14-11)16-7-8-3-5-15-6-4-8/h1-2,8H,3-7H2. The van der Waals surface area contributed by atoms with Crippen LogP contribution in [-0.2, 0) is 4.74 Å². The molecule has 1 aromatic rings. The normalized spacial score (nSPS) is 17.4. The van der Waals surface area contributed by atoms with E-state index in [0.717, 1.165) is 29.8 Å². The zero-order chi connectivity index (χ0) is 11.4. The van der Waals surface area contributed by atoms with E-state index in [0.29, 0.717) is 23.4 Å². The molecule has 0 aliphatic carbocycles. The van der Waals surface area contributed by atoms with E-state index in [2.05, 4.69) is 27.6 Å². The van der Waals surface area contributed by atoms with Gasteiger partial charge >= 0.3 is 0 Å². The number of halogens is 2. The predicted molar refractivity (Wildman–Crippen MR) is 71.0 cm³/mol. The Morgan fingerprint density at radius 3 is 2.88 bits per heavy atom. The Bertz CT molecular complexity index is 356. The molecular formula is C11H13ClINO2. The first-order valence-corrected chi connectivity index (χ1v) is 6.74. The number of pyridine rings is 1. The van der Waals surface area contributed by atoms with Gasteiger partial charge in [-0.05, 0) is 53.5 Å². The van der Waals surface area contributed by atoms with E-state index in [1.165, 1.54) is 0 Å². The Kier molecular flexibility index (Phi) is 4.66. The van der Waals surface area contributed by atoms with Gasteiger partial charge in [-0.1, -0.05) is 11.6 Å². The summed E-state index contributed by atoms with van der Waals surface area (Å²) in [4.78, 5) is 4.14. The Hall–Kier alpha value is -0.0700. The van der Waals surface area contributed by atoms with Crippen molar-refractivity contribution in [2.75, 3.05) is 19.8 Å². The average Bonchev–Trinajstić information content (AvgIpc) is 2.29. The van der Waals surface area contributed by atoms with E-state index in [-0.39, 0.29) is 0 Å². The van der Waals surface area contributed by atoms with Gasteiger partial charge in [-0.25, -0.2) is 4.98 Å². The molecule has 2 rings (SSSR count). The van der Waals surface area contributed by atoms with Gasteiger partial charge < -0.3 is 9.47 Å². The summed E-state index contributed by atoms with van der Waals surface area (Å²) in [7, 11) is 0. The number of hydrogen-bond donors (Lipinski definition) is 0. The summed E-state index contributed by atoms with van der Waals surface area (Å²) in [5, 5.41) is 0.443. The quantitative estimate of drug-likeness (QED) is 0.618. The molecule has 2 heterocycles. The lowest BCUT2D eigenvalue weighted by Gasteiger charge is -2.22. The molecule has 16 heavy (non-hydrogen) atoms. The van der Waals surface area contributed by atoms with Crippen LogP contribution in [0.5, 0.6) is 5.75 Å². The molecular weight excluding hydrogens is 340 g/mol. The third-order valence-corrected chi connectivity index (χ3v) is 3.47. The Morgan fingerprint density at radius 1 is 1.44 bits per heavy atom. The summed E-state index contributed by atoms with van der Waals surface area (Å²) in [6.45, 7) is 2.38. The van der Waals surface area contributed by atoms with Crippen molar-refractivity contribution in [3.8, 4) is 5.75 Å². The molecule has 0 unspecified atom stereocenters. The molecule has 0 atom stereocenters. The van der Waals surface area contributed by atoms with Crippen molar-refractivity contribution in [2.24, 2.45) is 5.92 Å². The minimum absolute atomic E-state index is 0.443. The summed E-state index contributed by atoms with van der Waals surface area (Å²) in [6.07, 6.45) is 2.13. The van der Waals surface area contributed by atoms with Crippen molar-refractivity contribution in [1.29, 1.82) is 0 Å². The van der Waals surface area contributed by atoms with Gasteiger partial charge in [-0.2, -0.15) is 0 Å². The van der Waals surface area contributed by atoms with E-state index in [1.807, 2.05) is 12.1 Å². The highest BCUT2D eigenvalue weighted by atomic mass is 127. The molecule has 0 N–H and O–H groups in total. The molecule has 88 valence electrons. The van der Waals surface area contributed by atoms with Crippen LogP contribution >= 0.6 is 34.2 Å². The molecule has 0 spiro atoms. The Morgan fingerprint density at radius 2 is 2.19 bits per heavy atom. The minimum Gasteiger partial charge on any atom is -0.490 e. The average molecular weight is 354 g/mol. The molecule has 0 aromatic carbocycles. The summed E-state index contributed by atoms with van der Waals surface area (Å²) in [6, 6.07) is 3.77. The highest BCUT2D eigenvalue weighted by Crippen LogP contribution is 2.24. The first kappa shape index (κ1) is 12.4. The first-order valence-electron chi connectivity index (χ1n) is 5.28. The molecule has 1 aliphatic rings. The summed E-state index contributed by atoms with van der Waals surface area (Å²) < 4.78 is 11.9. The van der Waals surface area contributed by atoms with Crippen molar-refractivity contribution < 1.29 is 9.47 Å². The maximum absolute atomic E-state index is 5.98. The Labute approximate surface area is 114 Å². The lowest BCUT2D eigenvalue weighted by molar-refractivity contribution is 0.0497. The minimum atomic E-state index is 0.443. The van der Waals surface area contributed by atoms with Crippen molar-refractivity contribution in [1.82, 2.24) is 4.98 Å². The molecule has 1 saturated heterocycles. The van der Waals surface area contributed by atoms with Crippen molar-refractivity contribution in [3.63, 3.8) is 0 Å². The van der Waals surface area contributed by atoms with E-state index in [9.17, 15) is 0 Å². The van der Waals surface area contributed by atoms with Crippen molar-refractivity contribution in [3.05, 3.63) is 21.0 Å². The molecule has 1 fully saturated rings. The summed E-state index contributed by atoms with van der Waals surface area (Å²) >= 11 is 8.11. The van der Waals surface area contributed by atoms with Gasteiger partial charge in [0.1, 0.15) is 3.70 Å². The maximum atomic E-state index is 5.98. The zero-order valence-corrected chi connectivity index (χ0v) is 11.7. The predicted octanol–water partition coefficient (Wildman–Crippen LogP) is 3.15. The second-order valence-corrected chi connectivity index (χ2v) is 5.25. The molecule has 0 amide bonds. The maximum Gasteiger partial charge on any atom is 0.172 e.